The third kappa shape index (κ3) is 3.10. The normalized spacial score (nSPS) is 17.6. The van der Waals surface area contributed by atoms with Crippen LogP contribution in [0.1, 0.15) is 32.1 Å². The Morgan fingerprint density at radius 2 is 2.05 bits per heavy atom. The Morgan fingerprint density at radius 3 is 2.81 bits per heavy atom. The first-order chi connectivity index (χ1) is 10.2. The van der Waals surface area contributed by atoms with E-state index in [1.165, 1.54) is 6.42 Å². The van der Waals surface area contributed by atoms with Crippen molar-refractivity contribution in [3.63, 3.8) is 0 Å². The van der Waals surface area contributed by atoms with Crippen molar-refractivity contribution in [3.8, 4) is 5.75 Å². The van der Waals surface area contributed by atoms with E-state index in [0.29, 0.717) is 6.54 Å². The summed E-state index contributed by atoms with van der Waals surface area (Å²) in [5.41, 5.74) is -0.589. The first-order valence-electron chi connectivity index (χ1n) is 7.59. The second-order valence-electron chi connectivity index (χ2n) is 5.89. The molecule has 0 bridgehead atoms. The SMILES string of the molecule is COc1ccc2c(NCC3(O)CCCCC3)nccc2c1. The minimum absolute atomic E-state index is 0.561. The number of hydrogen-bond donors (Lipinski definition) is 2. The van der Waals surface area contributed by atoms with E-state index in [-0.39, 0.29) is 0 Å². The van der Waals surface area contributed by atoms with Gasteiger partial charge in [0.15, 0.2) is 0 Å². The van der Waals surface area contributed by atoms with Gasteiger partial charge in [0.05, 0.1) is 12.7 Å². The van der Waals surface area contributed by atoms with Gasteiger partial charge in [-0.25, -0.2) is 4.98 Å². The summed E-state index contributed by atoms with van der Waals surface area (Å²) in [6, 6.07) is 7.91. The van der Waals surface area contributed by atoms with E-state index >= 15 is 0 Å². The van der Waals surface area contributed by atoms with Crippen LogP contribution >= 0.6 is 0 Å². The number of aromatic nitrogens is 1. The van der Waals surface area contributed by atoms with Gasteiger partial charge in [0.2, 0.25) is 0 Å². The number of fused-ring (bicyclic) bond motifs is 1. The van der Waals surface area contributed by atoms with Crippen molar-refractivity contribution in [2.45, 2.75) is 37.7 Å². The largest absolute Gasteiger partial charge is 0.497 e. The average molecular weight is 286 g/mol. The van der Waals surface area contributed by atoms with E-state index in [1.807, 2.05) is 24.3 Å². The van der Waals surface area contributed by atoms with Crippen molar-refractivity contribution in [3.05, 3.63) is 30.5 Å². The number of ether oxygens (including phenoxy) is 1. The standard InChI is InChI=1S/C17H22N2O2/c1-21-14-5-6-15-13(11-14)7-10-18-16(15)19-12-17(20)8-3-2-4-9-17/h5-7,10-11,20H,2-4,8-9,12H2,1H3,(H,18,19). The molecule has 1 fully saturated rings. The highest BCUT2D eigenvalue weighted by Gasteiger charge is 2.28. The summed E-state index contributed by atoms with van der Waals surface area (Å²) < 4.78 is 5.25. The molecule has 1 aromatic carbocycles. The van der Waals surface area contributed by atoms with E-state index in [1.54, 1.807) is 13.3 Å². The molecule has 1 aromatic heterocycles. The van der Waals surface area contributed by atoms with Crippen LogP contribution in [0.5, 0.6) is 5.75 Å². The maximum absolute atomic E-state index is 10.6. The summed E-state index contributed by atoms with van der Waals surface area (Å²) in [4.78, 5) is 4.41. The fraction of sp³-hybridized carbons (Fsp3) is 0.471. The van der Waals surface area contributed by atoms with Crippen LogP contribution in [-0.2, 0) is 0 Å². The van der Waals surface area contributed by atoms with Gasteiger partial charge in [-0.2, -0.15) is 0 Å². The second-order valence-corrected chi connectivity index (χ2v) is 5.89. The molecule has 4 nitrogen and oxygen atoms in total. The van der Waals surface area contributed by atoms with Crippen LogP contribution in [0.25, 0.3) is 10.8 Å². The third-order valence-corrected chi connectivity index (χ3v) is 4.34. The lowest BCUT2D eigenvalue weighted by molar-refractivity contribution is 0.0167. The van der Waals surface area contributed by atoms with Crippen LogP contribution in [0.3, 0.4) is 0 Å². The van der Waals surface area contributed by atoms with Crippen LogP contribution in [0, 0.1) is 0 Å². The maximum atomic E-state index is 10.6. The van der Waals surface area contributed by atoms with Gasteiger partial charge in [-0.3, -0.25) is 0 Å². The predicted molar refractivity (Wildman–Crippen MR) is 84.8 cm³/mol. The summed E-state index contributed by atoms with van der Waals surface area (Å²) >= 11 is 0. The van der Waals surface area contributed by atoms with Crippen molar-refractivity contribution >= 4 is 16.6 Å². The number of methoxy groups -OCH3 is 1. The Hall–Kier alpha value is -1.81. The van der Waals surface area contributed by atoms with E-state index < -0.39 is 5.60 Å². The number of benzene rings is 1. The lowest BCUT2D eigenvalue weighted by Gasteiger charge is -2.32. The zero-order valence-electron chi connectivity index (χ0n) is 12.4. The Bertz CT molecular complexity index is 621. The Kier molecular flexibility index (Phi) is 3.97. The minimum atomic E-state index is -0.589. The monoisotopic (exact) mass is 286 g/mol. The van der Waals surface area contributed by atoms with Gasteiger partial charge in [-0.15, -0.1) is 0 Å². The lowest BCUT2D eigenvalue weighted by atomic mass is 9.85. The van der Waals surface area contributed by atoms with Gasteiger partial charge >= 0.3 is 0 Å². The molecule has 0 radical (unpaired) electrons. The highest BCUT2D eigenvalue weighted by atomic mass is 16.5. The molecular weight excluding hydrogens is 264 g/mol. The Balaban J connectivity index is 1.80. The molecule has 0 saturated heterocycles. The molecule has 3 rings (SSSR count). The molecule has 0 atom stereocenters. The number of rotatable bonds is 4. The van der Waals surface area contributed by atoms with Gasteiger partial charge in [0, 0.05) is 18.1 Å². The second kappa shape index (κ2) is 5.90. The molecule has 1 aliphatic rings. The van der Waals surface area contributed by atoms with Crippen molar-refractivity contribution < 1.29 is 9.84 Å². The molecule has 1 saturated carbocycles. The van der Waals surface area contributed by atoms with Crippen molar-refractivity contribution in [1.29, 1.82) is 0 Å². The van der Waals surface area contributed by atoms with Crippen LogP contribution in [0.15, 0.2) is 30.5 Å². The third-order valence-electron chi connectivity index (χ3n) is 4.34. The van der Waals surface area contributed by atoms with Crippen LogP contribution < -0.4 is 10.1 Å². The Labute approximate surface area is 125 Å². The van der Waals surface area contributed by atoms with Gasteiger partial charge < -0.3 is 15.2 Å². The fourth-order valence-corrected chi connectivity index (χ4v) is 3.06. The summed E-state index contributed by atoms with van der Waals surface area (Å²) in [5, 5.41) is 16.0. The molecule has 2 N–H and O–H groups in total. The maximum Gasteiger partial charge on any atom is 0.133 e. The molecule has 1 aliphatic carbocycles. The number of pyridine rings is 1. The zero-order valence-corrected chi connectivity index (χ0v) is 12.4. The summed E-state index contributed by atoms with van der Waals surface area (Å²) in [5.74, 6) is 1.67. The van der Waals surface area contributed by atoms with E-state index in [9.17, 15) is 5.11 Å². The number of anilines is 1. The van der Waals surface area contributed by atoms with Crippen molar-refractivity contribution in [1.82, 2.24) is 4.98 Å². The summed E-state index contributed by atoms with van der Waals surface area (Å²) in [7, 11) is 1.67. The first kappa shape index (κ1) is 14.1. The first-order valence-corrected chi connectivity index (χ1v) is 7.59. The van der Waals surface area contributed by atoms with Crippen molar-refractivity contribution in [2.24, 2.45) is 0 Å². The number of nitrogens with zero attached hydrogens (tertiary/aromatic N) is 1. The quantitative estimate of drug-likeness (QED) is 0.905. The lowest BCUT2D eigenvalue weighted by Crippen LogP contribution is -2.38. The number of aliphatic hydroxyl groups is 1. The molecule has 0 unspecified atom stereocenters. The Morgan fingerprint density at radius 1 is 1.24 bits per heavy atom. The van der Waals surface area contributed by atoms with Gasteiger partial charge in [-0.1, -0.05) is 19.3 Å². The highest BCUT2D eigenvalue weighted by Crippen LogP contribution is 2.30. The van der Waals surface area contributed by atoms with E-state index in [4.69, 9.17) is 4.74 Å². The summed E-state index contributed by atoms with van der Waals surface area (Å²) in [6.07, 6.45) is 6.98. The fourth-order valence-electron chi connectivity index (χ4n) is 3.06. The zero-order chi connectivity index (χ0) is 14.7. The molecule has 0 aliphatic heterocycles. The van der Waals surface area contributed by atoms with Crippen LogP contribution in [0.4, 0.5) is 5.82 Å². The number of hydrogen-bond acceptors (Lipinski definition) is 4. The van der Waals surface area contributed by atoms with E-state index in [0.717, 1.165) is 48.0 Å². The summed E-state index contributed by atoms with van der Waals surface area (Å²) in [6.45, 7) is 0.561. The number of nitrogens with one attached hydrogen (secondary N) is 1. The average Bonchev–Trinajstić information content (AvgIpc) is 2.53. The smallest absolute Gasteiger partial charge is 0.133 e. The van der Waals surface area contributed by atoms with Gasteiger partial charge in [0.1, 0.15) is 11.6 Å². The predicted octanol–water partition coefficient (Wildman–Crippen LogP) is 3.35. The topological polar surface area (TPSA) is 54.4 Å². The molecule has 21 heavy (non-hydrogen) atoms. The van der Waals surface area contributed by atoms with Crippen LogP contribution in [0.2, 0.25) is 0 Å². The molecular formula is C17H22N2O2. The molecule has 4 heteroatoms. The molecule has 2 aromatic rings. The molecule has 0 spiro atoms. The van der Waals surface area contributed by atoms with Crippen LogP contribution in [-0.4, -0.2) is 29.3 Å². The van der Waals surface area contributed by atoms with E-state index in [2.05, 4.69) is 10.3 Å². The molecule has 0 amide bonds. The van der Waals surface area contributed by atoms with Gasteiger partial charge in [0.25, 0.3) is 0 Å². The molecule has 1 heterocycles. The van der Waals surface area contributed by atoms with Gasteiger partial charge in [-0.05, 0) is 42.5 Å². The van der Waals surface area contributed by atoms with Crippen molar-refractivity contribution in [2.75, 3.05) is 19.0 Å². The molecule has 112 valence electrons. The highest BCUT2D eigenvalue weighted by molar-refractivity contribution is 5.92. The minimum Gasteiger partial charge on any atom is -0.497 e.